The Morgan fingerprint density at radius 3 is 3.00 bits per heavy atom. The molecular formula is C16H18N2O2S. The quantitative estimate of drug-likeness (QED) is 0.945. The lowest BCUT2D eigenvalue weighted by atomic mass is 9.99. The van der Waals surface area contributed by atoms with Crippen LogP contribution in [0.25, 0.3) is 0 Å². The number of carbonyl (C=O) groups excluding carboxylic acids is 1. The number of aromatic nitrogens is 1. The molecule has 5 heteroatoms. The van der Waals surface area contributed by atoms with E-state index in [1.54, 1.807) is 17.5 Å². The van der Waals surface area contributed by atoms with Crippen LogP contribution in [0.1, 0.15) is 30.8 Å². The van der Waals surface area contributed by atoms with E-state index < -0.39 is 11.6 Å². The first-order chi connectivity index (χ1) is 10.1. The van der Waals surface area contributed by atoms with Crippen molar-refractivity contribution in [1.82, 2.24) is 10.3 Å². The number of nitrogens with zero attached hydrogens (tertiary/aromatic N) is 1. The molecule has 2 aromatic rings. The van der Waals surface area contributed by atoms with Crippen molar-refractivity contribution < 1.29 is 9.53 Å². The Hall–Kier alpha value is -1.88. The second-order valence-corrected chi connectivity index (χ2v) is 6.33. The molecular weight excluding hydrogens is 284 g/mol. The van der Waals surface area contributed by atoms with Gasteiger partial charge in [-0.15, -0.1) is 11.3 Å². The molecule has 0 saturated heterocycles. The molecule has 0 spiro atoms. The molecule has 3 rings (SSSR count). The highest BCUT2D eigenvalue weighted by molar-refractivity contribution is 7.09. The SMILES string of the molecule is CCC(C)(NC(=O)C1Cc2ccccc2O1)c1nccs1. The number of thiazole rings is 1. The normalized spacial score (nSPS) is 19.4. The summed E-state index contributed by atoms with van der Waals surface area (Å²) in [4.78, 5) is 16.9. The number of ether oxygens (including phenoxy) is 1. The van der Waals surface area contributed by atoms with Gasteiger partial charge in [0, 0.05) is 18.0 Å². The topological polar surface area (TPSA) is 51.2 Å². The van der Waals surface area contributed by atoms with E-state index >= 15 is 0 Å². The van der Waals surface area contributed by atoms with Crippen molar-refractivity contribution in [2.24, 2.45) is 0 Å². The van der Waals surface area contributed by atoms with E-state index in [4.69, 9.17) is 4.74 Å². The van der Waals surface area contributed by atoms with Gasteiger partial charge in [-0.05, 0) is 25.0 Å². The monoisotopic (exact) mass is 302 g/mol. The van der Waals surface area contributed by atoms with E-state index in [-0.39, 0.29) is 5.91 Å². The third kappa shape index (κ3) is 2.65. The molecule has 0 saturated carbocycles. The number of nitrogens with one attached hydrogen (secondary N) is 1. The van der Waals surface area contributed by atoms with Crippen molar-refractivity contribution in [3.8, 4) is 5.75 Å². The van der Waals surface area contributed by atoms with Crippen LogP contribution in [-0.2, 0) is 16.8 Å². The van der Waals surface area contributed by atoms with Crippen LogP contribution in [0.5, 0.6) is 5.75 Å². The molecule has 2 atom stereocenters. The van der Waals surface area contributed by atoms with Gasteiger partial charge in [0.15, 0.2) is 6.10 Å². The van der Waals surface area contributed by atoms with E-state index in [0.29, 0.717) is 6.42 Å². The number of amides is 1. The number of fused-ring (bicyclic) bond motifs is 1. The molecule has 1 amide bonds. The summed E-state index contributed by atoms with van der Waals surface area (Å²) >= 11 is 1.56. The highest BCUT2D eigenvalue weighted by Gasteiger charge is 2.35. The fourth-order valence-corrected chi connectivity index (χ4v) is 3.30. The maximum absolute atomic E-state index is 12.5. The van der Waals surface area contributed by atoms with E-state index in [1.807, 2.05) is 43.5 Å². The number of benzene rings is 1. The molecule has 21 heavy (non-hydrogen) atoms. The van der Waals surface area contributed by atoms with Gasteiger partial charge in [-0.2, -0.15) is 0 Å². The van der Waals surface area contributed by atoms with Crippen LogP contribution in [0.2, 0.25) is 0 Å². The average Bonchev–Trinajstić information content (AvgIpc) is 3.16. The van der Waals surface area contributed by atoms with Gasteiger partial charge in [-0.3, -0.25) is 4.79 Å². The van der Waals surface area contributed by atoms with Crippen molar-refractivity contribution in [2.45, 2.75) is 38.3 Å². The van der Waals surface area contributed by atoms with Gasteiger partial charge in [0.05, 0.1) is 5.54 Å². The standard InChI is InChI=1S/C16H18N2O2S/c1-3-16(2,15-17-8-9-21-15)18-14(19)13-10-11-6-4-5-7-12(11)20-13/h4-9,13H,3,10H2,1-2H3,(H,18,19). The van der Waals surface area contributed by atoms with E-state index in [0.717, 1.165) is 22.7 Å². The predicted molar refractivity (Wildman–Crippen MR) is 82.5 cm³/mol. The zero-order chi connectivity index (χ0) is 14.9. The third-order valence-electron chi connectivity index (χ3n) is 3.95. The van der Waals surface area contributed by atoms with Crippen molar-refractivity contribution in [2.75, 3.05) is 0 Å². The maximum Gasteiger partial charge on any atom is 0.262 e. The van der Waals surface area contributed by atoms with Crippen LogP contribution < -0.4 is 10.1 Å². The Bertz CT molecular complexity index is 616. The first kappa shape index (κ1) is 14.1. The summed E-state index contributed by atoms with van der Waals surface area (Å²) in [6.07, 6.45) is 2.72. The molecule has 1 aliphatic heterocycles. The lowest BCUT2D eigenvalue weighted by Crippen LogP contribution is -2.48. The molecule has 2 unspecified atom stereocenters. The molecule has 1 aromatic carbocycles. The molecule has 1 N–H and O–H groups in total. The lowest BCUT2D eigenvalue weighted by molar-refractivity contribution is -0.129. The van der Waals surface area contributed by atoms with Crippen molar-refractivity contribution in [3.05, 3.63) is 46.4 Å². The molecule has 110 valence electrons. The molecule has 4 nitrogen and oxygen atoms in total. The highest BCUT2D eigenvalue weighted by Crippen LogP contribution is 2.30. The summed E-state index contributed by atoms with van der Waals surface area (Å²) in [5.74, 6) is 0.732. The molecule has 2 heterocycles. The lowest BCUT2D eigenvalue weighted by Gasteiger charge is -2.28. The Balaban J connectivity index is 1.73. The summed E-state index contributed by atoms with van der Waals surface area (Å²) in [6, 6.07) is 7.80. The minimum atomic E-state index is -0.451. The summed E-state index contributed by atoms with van der Waals surface area (Å²) in [5.41, 5.74) is 0.647. The van der Waals surface area contributed by atoms with Crippen LogP contribution in [0.3, 0.4) is 0 Å². The van der Waals surface area contributed by atoms with Gasteiger partial charge in [0.25, 0.3) is 5.91 Å². The second-order valence-electron chi connectivity index (χ2n) is 5.43. The van der Waals surface area contributed by atoms with Gasteiger partial charge < -0.3 is 10.1 Å². The Morgan fingerprint density at radius 1 is 1.52 bits per heavy atom. The third-order valence-corrected chi connectivity index (χ3v) is 4.99. The summed E-state index contributed by atoms with van der Waals surface area (Å²) in [7, 11) is 0. The Labute approximate surface area is 128 Å². The number of carbonyl (C=O) groups is 1. The number of hydrogen-bond donors (Lipinski definition) is 1. The van der Waals surface area contributed by atoms with E-state index in [9.17, 15) is 4.79 Å². The van der Waals surface area contributed by atoms with Gasteiger partial charge in [-0.25, -0.2) is 4.98 Å². The van der Waals surface area contributed by atoms with Crippen LogP contribution >= 0.6 is 11.3 Å². The van der Waals surface area contributed by atoms with Gasteiger partial charge in [-0.1, -0.05) is 25.1 Å². The van der Waals surface area contributed by atoms with Crippen molar-refractivity contribution in [3.63, 3.8) is 0 Å². The zero-order valence-corrected chi connectivity index (χ0v) is 12.9. The summed E-state index contributed by atoms with van der Waals surface area (Å²) < 4.78 is 5.75. The molecule has 0 radical (unpaired) electrons. The minimum absolute atomic E-state index is 0.0780. The minimum Gasteiger partial charge on any atom is -0.480 e. The first-order valence-corrected chi connectivity index (χ1v) is 7.97. The number of rotatable bonds is 4. The van der Waals surface area contributed by atoms with E-state index in [1.165, 1.54) is 0 Å². The predicted octanol–water partition coefficient (Wildman–Crippen LogP) is 2.89. The fourth-order valence-electron chi connectivity index (χ4n) is 2.47. The van der Waals surface area contributed by atoms with Crippen molar-refractivity contribution in [1.29, 1.82) is 0 Å². The molecule has 1 aliphatic rings. The smallest absolute Gasteiger partial charge is 0.262 e. The zero-order valence-electron chi connectivity index (χ0n) is 12.1. The van der Waals surface area contributed by atoms with Crippen LogP contribution in [0.4, 0.5) is 0 Å². The van der Waals surface area contributed by atoms with Gasteiger partial charge in [0.2, 0.25) is 0 Å². The van der Waals surface area contributed by atoms with Crippen molar-refractivity contribution >= 4 is 17.2 Å². The highest BCUT2D eigenvalue weighted by atomic mass is 32.1. The first-order valence-electron chi connectivity index (χ1n) is 7.09. The molecule has 0 bridgehead atoms. The largest absolute Gasteiger partial charge is 0.480 e. The number of hydrogen-bond acceptors (Lipinski definition) is 4. The second kappa shape index (κ2) is 5.48. The van der Waals surface area contributed by atoms with Crippen LogP contribution in [0, 0.1) is 0 Å². The molecule has 0 aliphatic carbocycles. The van der Waals surface area contributed by atoms with E-state index in [2.05, 4.69) is 10.3 Å². The maximum atomic E-state index is 12.5. The average molecular weight is 302 g/mol. The summed E-state index contributed by atoms with van der Waals surface area (Å²) in [5, 5.41) is 5.96. The van der Waals surface area contributed by atoms with Crippen LogP contribution in [-0.4, -0.2) is 17.0 Å². The number of para-hydroxylation sites is 1. The summed E-state index contributed by atoms with van der Waals surface area (Å²) in [6.45, 7) is 4.05. The van der Waals surface area contributed by atoms with Crippen LogP contribution in [0.15, 0.2) is 35.8 Å². The van der Waals surface area contributed by atoms with Gasteiger partial charge in [0.1, 0.15) is 10.8 Å². The fraction of sp³-hybridized carbons (Fsp3) is 0.375. The van der Waals surface area contributed by atoms with Gasteiger partial charge >= 0.3 is 0 Å². The molecule has 0 fully saturated rings. The molecule has 1 aromatic heterocycles. The Morgan fingerprint density at radius 2 is 2.33 bits per heavy atom. The Kier molecular flexibility index (Phi) is 3.68.